The molecule has 9 nitrogen and oxygen atoms in total. The normalized spacial score (nSPS) is 16.1. The van der Waals surface area contributed by atoms with Gasteiger partial charge in [0.05, 0.1) is 41.1 Å². The molecule has 0 saturated carbocycles. The van der Waals surface area contributed by atoms with Gasteiger partial charge in [0.1, 0.15) is 17.1 Å². The van der Waals surface area contributed by atoms with Crippen molar-refractivity contribution in [3.05, 3.63) is 109 Å². The Kier molecular flexibility index (Phi) is 8.27. The molecule has 258 valence electrons. The van der Waals surface area contributed by atoms with Crippen molar-refractivity contribution in [2.75, 3.05) is 18.1 Å². The van der Waals surface area contributed by atoms with Gasteiger partial charge in [-0.25, -0.2) is 4.79 Å². The van der Waals surface area contributed by atoms with Gasteiger partial charge in [-0.15, -0.1) is 0 Å². The van der Waals surface area contributed by atoms with Crippen LogP contribution in [0.2, 0.25) is 10.0 Å². The van der Waals surface area contributed by atoms with Crippen LogP contribution >= 0.6 is 23.2 Å². The van der Waals surface area contributed by atoms with Gasteiger partial charge in [0.2, 0.25) is 0 Å². The lowest BCUT2D eigenvalue weighted by atomic mass is 9.86. The lowest BCUT2D eigenvalue weighted by Gasteiger charge is -2.44. The number of fused-ring (bicyclic) bond motifs is 4. The molecule has 1 atom stereocenters. The number of aryl methyl sites for hydroxylation is 7. The number of halogens is 2. The molecule has 3 aromatic heterocycles. The summed E-state index contributed by atoms with van der Waals surface area (Å²) < 4.78 is 10.0. The molecule has 0 saturated heterocycles. The number of hydrogen-bond donors (Lipinski definition) is 2. The van der Waals surface area contributed by atoms with Gasteiger partial charge in [-0.2, -0.15) is 5.10 Å². The number of nitrogens with one attached hydrogen (secondary N) is 1. The second-order valence-corrected chi connectivity index (χ2v) is 14.6. The number of carbonyl (C=O) groups excluding carboxylic acids is 1. The Morgan fingerprint density at radius 2 is 1.76 bits per heavy atom. The van der Waals surface area contributed by atoms with Crippen LogP contribution in [0.15, 0.2) is 48.5 Å². The predicted molar refractivity (Wildman–Crippen MR) is 199 cm³/mol. The van der Waals surface area contributed by atoms with Crippen molar-refractivity contribution in [3.63, 3.8) is 0 Å². The molecule has 3 aromatic carbocycles. The number of anilines is 1. The first-order valence-electron chi connectivity index (χ1n) is 16.6. The summed E-state index contributed by atoms with van der Waals surface area (Å²) in [6, 6.07) is 15.3. The zero-order chi connectivity index (χ0) is 35.8. The van der Waals surface area contributed by atoms with E-state index in [0.717, 1.165) is 66.3 Å². The van der Waals surface area contributed by atoms with Crippen molar-refractivity contribution in [1.82, 2.24) is 19.3 Å². The Bertz CT molecular complexity index is 2340. The molecule has 1 aliphatic rings. The van der Waals surface area contributed by atoms with Crippen molar-refractivity contribution in [1.29, 1.82) is 0 Å². The van der Waals surface area contributed by atoms with E-state index < -0.39 is 11.5 Å². The van der Waals surface area contributed by atoms with E-state index in [1.165, 1.54) is 0 Å². The van der Waals surface area contributed by atoms with E-state index in [-0.39, 0.29) is 18.1 Å². The van der Waals surface area contributed by atoms with E-state index >= 15 is 4.79 Å². The zero-order valence-corrected chi connectivity index (χ0v) is 30.7. The molecule has 0 spiro atoms. The Morgan fingerprint density at radius 3 is 2.42 bits per heavy atom. The fourth-order valence-electron chi connectivity index (χ4n) is 8.09. The number of H-pyrrole nitrogens is 1. The summed E-state index contributed by atoms with van der Waals surface area (Å²) in [6.07, 6.45) is 1.22. The third-order valence-corrected chi connectivity index (χ3v) is 11.0. The maximum absolute atomic E-state index is 15.2. The summed E-state index contributed by atoms with van der Waals surface area (Å²) in [5, 5.41) is 20.8. The highest BCUT2D eigenvalue weighted by molar-refractivity contribution is 6.32. The third-order valence-electron chi connectivity index (χ3n) is 10.1. The number of benzene rings is 3. The number of rotatable bonds is 8. The Hall–Kier alpha value is -4.73. The number of aromatic amines is 1. The first-order valence-corrected chi connectivity index (χ1v) is 17.4. The number of ether oxygens (including phenoxy) is 1. The van der Waals surface area contributed by atoms with Crippen molar-refractivity contribution >= 4 is 62.6 Å². The van der Waals surface area contributed by atoms with Gasteiger partial charge >= 0.3 is 5.97 Å². The van der Waals surface area contributed by atoms with Crippen LogP contribution in [0.4, 0.5) is 5.69 Å². The van der Waals surface area contributed by atoms with Crippen LogP contribution < -0.4 is 9.64 Å². The Morgan fingerprint density at radius 1 is 1.04 bits per heavy atom. The molecule has 0 radical (unpaired) electrons. The summed E-state index contributed by atoms with van der Waals surface area (Å²) in [4.78, 5) is 29.2. The van der Waals surface area contributed by atoms with Crippen LogP contribution in [0.1, 0.15) is 73.5 Å². The van der Waals surface area contributed by atoms with Gasteiger partial charge in [0, 0.05) is 39.1 Å². The number of aromatic nitrogens is 4. The maximum atomic E-state index is 15.2. The average Bonchev–Trinajstić information content (AvgIpc) is 3.70. The second kappa shape index (κ2) is 12.2. The minimum atomic E-state index is -1.03. The monoisotopic (exact) mass is 711 g/mol. The highest BCUT2D eigenvalue weighted by atomic mass is 35.5. The van der Waals surface area contributed by atoms with Gasteiger partial charge in [-0.3, -0.25) is 9.89 Å². The molecule has 1 aliphatic heterocycles. The summed E-state index contributed by atoms with van der Waals surface area (Å²) >= 11 is 13.1. The van der Waals surface area contributed by atoms with E-state index in [4.69, 9.17) is 27.9 Å². The number of carbonyl (C=O) groups is 2. The molecule has 11 heteroatoms. The molecule has 7 rings (SSSR count). The van der Waals surface area contributed by atoms with E-state index in [1.54, 1.807) is 17.7 Å². The molecule has 50 heavy (non-hydrogen) atoms. The fourth-order valence-corrected chi connectivity index (χ4v) is 8.37. The van der Waals surface area contributed by atoms with Crippen LogP contribution in [-0.4, -0.2) is 49.5 Å². The lowest BCUT2D eigenvalue weighted by molar-refractivity contribution is 0.0687. The van der Waals surface area contributed by atoms with Crippen LogP contribution in [0.25, 0.3) is 21.8 Å². The van der Waals surface area contributed by atoms with Crippen molar-refractivity contribution in [3.8, 4) is 5.75 Å². The highest BCUT2D eigenvalue weighted by Gasteiger charge is 2.47. The van der Waals surface area contributed by atoms with Crippen LogP contribution in [0.5, 0.6) is 5.75 Å². The van der Waals surface area contributed by atoms with Crippen LogP contribution in [0, 0.1) is 34.6 Å². The molecule has 4 heterocycles. The SMILES string of the molecule is Cc1cc(N2C[C@@](C)(c3c(C)n[nH]c3C)n3c(c(CCCOc4cc(C)c(Cl)c(C)c4)c4ccc(Cl)cc43)C2=O)c2c(c1)cc(C(=O)O)n2C. The number of carboxylic acid groups (broad SMARTS) is 1. The third kappa shape index (κ3) is 5.26. The average molecular weight is 713 g/mol. The number of aromatic carboxylic acids is 1. The summed E-state index contributed by atoms with van der Waals surface area (Å²) in [6.45, 7) is 12.7. The van der Waals surface area contributed by atoms with Crippen LogP contribution in [-0.2, 0) is 19.0 Å². The Balaban J connectivity index is 1.41. The van der Waals surface area contributed by atoms with Gasteiger partial charge in [-0.1, -0.05) is 29.3 Å². The van der Waals surface area contributed by atoms with Gasteiger partial charge in [-0.05, 0) is 119 Å². The molecular formula is C39H39Cl2N5O4. The Labute approximate surface area is 300 Å². The fraction of sp³-hybridized carbons (Fsp3) is 0.308. The van der Waals surface area contributed by atoms with Crippen molar-refractivity contribution in [2.24, 2.45) is 7.05 Å². The molecule has 0 fully saturated rings. The molecular weight excluding hydrogens is 673 g/mol. The summed E-state index contributed by atoms with van der Waals surface area (Å²) in [7, 11) is 1.73. The number of amides is 1. The number of carboxylic acids is 1. The minimum Gasteiger partial charge on any atom is -0.494 e. The van der Waals surface area contributed by atoms with Crippen LogP contribution in [0.3, 0.4) is 0 Å². The van der Waals surface area contributed by atoms with Crippen molar-refractivity contribution < 1.29 is 19.4 Å². The quantitative estimate of drug-likeness (QED) is 0.154. The van der Waals surface area contributed by atoms with Gasteiger partial charge in [0.15, 0.2) is 0 Å². The maximum Gasteiger partial charge on any atom is 0.352 e. The van der Waals surface area contributed by atoms with E-state index in [9.17, 15) is 9.90 Å². The van der Waals surface area contributed by atoms with E-state index in [2.05, 4.69) is 21.7 Å². The minimum absolute atomic E-state index is 0.149. The molecule has 6 aromatic rings. The van der Waals surface area contributed by atoms with E-state index in [1.807, 2.05) is 82.0 Å². The van der Waals surface area contributed by atoms with Crippen molar-refractivity contribution in [2.45, 2.75) is 59.9 Å². The molecule has 0 aliphatic carbocycles. The van der Waals surface area contributed by atoms with E-state index in [0.29, 0.717) is 41.4 Å². The first-order chi connectivity index (χ1) is 23.7. The lowest BCUT2D eigenvalue weighted by Crippen LogP contribution is -2.53. The summed E-state index contributed by atoms with van der Waals surface area (Å²) in [5.74, 6) is -0.442. The largest absolute Gasteiger partial charge is 0.494 e. The second-order valence-electron chi connectivity index (χ2n) is 13.7. The zero-order valence-electron chi connectivity index (χ0n) is 29.2. The first kappa shape index (κ1) is 33.8. The summed E-state index contributed by atoms with van der Waals surface area (Å²) in [5.41, 5.74) is 8.60. The predicted octanol–water partition coefficient (Wildman–Crippen LogP) is 8.84. The number of hydrogen-bond acceptors (Lipinski definition) is 4. The highest BCUT2D eigenvalue weighted by Crippen LogP contribution is 2.45. The van der Waals surface area contributed by atoms with Gasteiger partial charge < -0.3 is 23.9 Å². The smallest absolute Gasteiger partial charge is 0.352 e. The molecule has 2 N–H and O–H groups in total. The number of nitrogens with zero attached hydrogens (tertiary/aromatic N) is 4. The molecule has 1 amide bonds. The topological polar surface area (TPSA) is 105 Å². The van der Waals surface area contributed by atoms with Gasteiger partial charge in [0.25, 0.3) is 5.91 Å². The standard InChI is InChI=1S/C39H39Cl2N5O4/c1-20-13-25-17-32(38(48)49)44(7)35(25)31(14-20)45-19-39(6,33-23(4)42-43-24(33)5)46-30-18-26(40)10-11-28(30)29(36(46)37(45)47)9-8-12-50-27-15-21(2)34(41)22(3)16-27/h10-11,13-18H,8-9,12,19H2,1-7H3,(H,42,43)(H,48,49)/t39-/m0/s1. The molecule has 0 bridgehead atoms. The molecule has 0 unspecified atom stereocenters.